The highest BCUT2D eigenvalue weighted by Crippen LogP contribution is 2.24. The summed E-state index contributed by atoms with van der Waals surface area (Å²) >= 11 is 1.77. The molecular formula is C19H19N3O2S. The van der Waals surface area contributed by atoms with Crippen molar-refractivity contribution in [3.8, 4) is 0 Å². The van der Waals surface area contributed by atoms with Crippen LogP contribution in [-0.2, 0) is 24.3 Å². The van der Waals surface area contributed by atoms with Crippen molar-refractivity contribution in [1.29, 1.82) is 0 Å². The first-order valence-electron chi connectivity index (χ1n) is 8.49. The van der Waals surface area contributed by atoms with Gasteiger partial charge in [0.05, 0.1) is 17.2 Å². The number of amides is 1. The van der Waals surface area contributed by atoms with Gasteiger partial charge in [0.15, 0.2) is 0 Å². The zero-order valence-corrected chi connectivity index (χ0v) is 14.7. The van der Waals surface area contributed by atoms with Crippen LogP contribution in [0.1, 0.15) is 23.3 Å². The summed E-state index contributed by atoms with van der Waals surface area (Å²) in [7, 11) is 0. The van der Waals surface area contributed by atoms with E-state index in [1.54, 1.807) is 28.3 Å². The number of hydrogen-bond donors (Lipinski definition) is 0. The number of aryl methyl sites for hydroxylation is 1. The number of fused-ring (bicyclic) bond motifs is 2. The van der Waals surface area contributed by atoms with E-state index < -0.39 is 0 Å². The third-order valence-corrected chi connectivity index (χ3v) is 5.70. The molecule has 1 amide bonds. The molecule has 0 fully saturated rings. The van der Waals surface area contributed by atoms with Gasteiger partial charge in [-0.1, -0.05) is 12.1 Å². The number of hydrogen-bond acceptors (Lipinski definition) is 4. The molecule has 25 heavy (non-hydrogen) atoms. The van der Waals surface area contributed by atoms with Crippen molar-refractivity contribution in [3.63, 3.8) is 0 Å². The van der Waals surface area contributed by atoms with Crippen molar-refractivity contribution < 1.29 is 4.79 Å². The molecule has 1 aliphatic rings. The molecule has 1 aliphatic heterocycles. The minimum absolute atomic E-state index is 0.0427. The number of rotatable bonds is 4. The van der Waals surface area contributed by atoms with Crippen LogP contribution in [0.25, 0.3) is 10.9 Å². The standard InChI is InChI=1S/C19H19N3O2S/c23-18(21-10-7-17-14(12-21)8-11-25-17)6-3-9-22-13-20-16-5-2-1-4-15(16)19(22)24/h1-2,4-5,8,11,13H,3,6-7,9-10,12H2. The number of para-hydroxylation sites is 1. The zero-order chi connectivity index (χ0) is 17.2. The van der Waals surface area contributed by atoms with Gasteiger partial charge in [0, 0.05) is 30.9 Å². The van der Waals surface area contributed by atoms with E-state index in [1.807, 2.05) is 23.1 Å². The average Bonchev–Trinajstić information content (AvgIpc) is 3.11. The summed E-state index contributed by atoms with van der Waals surface area (Å²) in [4.78, 5) is 32.5. The number of thiophene rings is 1. The van der Waals surface area contributed by atoms with Crippen LogP contribution in [-0.4, -0.2) is 26.9 Å². The lowest BCUT2D eigenvalue weighted by Crippen LogP contribution is -2.35. The molecule has 0 N–H and O–H groups in total. The minimum Gasteiger partial charge on any atom is -0.338 e. The first-order chi connectivity index (χ1) is 12.2. The molecule has 0 bridgehead atoms. The molecule has 1 aromatic carbocycles. The van der Waals surface area contributed by atoms with Gasteiger partial charge in [-0.3, -0.25) is 14.2 Å². The molecule has 2 aromatic heterocycles. The molecule has 5 nitrogen and oxygen atoms in total. The lowest BCUT2D eigenvalue weighted by molar-refractivity contribution is -0.132. The van der Waals surface area contributed by atoms with Crippen molar-refractivity contribution in [3.05, 3.63) is 62.8 Å². The molecule has 128 valence electrons. The predicted molar refractivity (Wildman–Crippen MR) is 98.7 cm³/mol. The predicted octanol–water partition coefficient (Wildman–Crippen LogP) is 2.82. The Morgan fingerprint density at radius 2 is 2.12 bits per heavy atom. The Labute approximate surface area is 149 Å². The van der Waals surface area contributed by atoms with Gasteiger partial charge in [-0.15, -0.1) is 11.3 Å². The smallest absolute Gasteiger partial charge is 0.261 e. The second kappa shape index (κ2) is 6.80. The van der Waals surface area contributed by atoms with Crippen LogP contribution in [0.4, 0.5) is 0 Å². The molecule has 3 heterocycles. The summed E-state index contributed by atoms with van der Waals surface area (Å²) in [6, 6.07) is 9.45. The van der Waals surface area contributed by atoms with Crippen LogP contribution >= 0.6 is 11.3 Å². The summed E-state index contributed by atoms with van der Waals surface area (Å²) in [6.45, 7) is 2.03. The maximum absolute atomic E-state index is 12.4. The molecule has 4 rings (SSSR count). The van der Waals surface area contributed by atoms with Crippen molar-refractivity contribution in [1.82, 2.24) is 14.5 Å². The van der Waals surface area contributed by atoms with Crippen LogP contribution in [0.15, 0.2) is 46.8 Å². The quantitative estimate of drug-likeness (QED) is 0.725. The van der Waals surface area contributed by atoms with Crippen molar-refractivity contribution in [2.45, 2.75) is 32.4 Å². The normalized spacial score (nSPS) is 13.8. The van der Waals surface area contributed by atoms with E-state index in [2.05, 4.69) is 16.4 Å². The first-order valence-corrected chi connectivity index (χ1v) is 9.37. The molecule has 0 spiro atoms. The van der Waals surface area contributed by atoms with Crippen LogP contribution < -0.4 is 5.56 Å². The van der Waals surface area contributed by atoms with Crippen molar-refractivity contribution in [2.75, 3.05) is 6.54 Å². The Morgan fingerprint density at radius 1 is 1.24 bits per heavy atom. The third-order valence-electron chi connectivity index (χ3n) is 4.68. The number of nitrogens with zero attached hydrogens (tertiary/aromatic N) is 3. The molecule has 0 unspecified atom stereocenters. The lowest BCUT2D eigenvalue weighted by Gasteiger charge is -2.27. The molecule has 0 radical (unpaired) electrons. The summed E-state index contributed by atoms with van der Waals surface area (Å²) < 4.78 is 1.60. The molecule has 6 heteroatoms. The van der Waals surface area contributed by atoms with Gasteiger partial charge in [0.1, 0.15) is 0 Å². The van der Waals surface area contributed by atoms with Gasteiger partial charge in [-0.05, 0) is 42.0 Å². The maximum Gasteiger partial charge on any atom is 0.261 e. The fourth-order valence-corrected chi connectivity index (χ4v) is 4.18. The second-order valence-corrected chi connectivity index (χ2v) is 7.30. The second-order valence-electron chi connectivity index (χ2n) is 6.30. The Balaban J connectivity index is 1.37. The van der Waals surface area contributed by atoms with Gasteiger partial charge >= 0.3 is 0 Å². The van der Waals surface area contributed by atoms with E-state index in [1.165, 1.54) is 10.4 Å². The molecule has 0 atom stereocenters. The molecule has 0 aliphatic carbocycles. The molecule has 0 saturated heterocycles. The molecule has 3 aromatic rings. The zero-order valence-electron chi connectivity index (χ0n) is 13.9. The summed E-state index contributed by atoms with van der Waals surface area (Å²) in [5.74, 6) is 0.165. The number of aromatic nitrogens is 2. The SMILES string of the molecule is O=C(CCCn1cnc2ccccc2c1=O)N1CCc2sccc2C1. The monoisotopic (exact) mass is 353 g/mol. The van der Waals surface area contributed by atoms with Gasteiger partial charge in [-0.25, -0.2) is 4.98 Å². The maximum atomic E-state index is 12.4. The highest BCUT2D eigenvalue weighted by Gasteiger charge is 2.20. The van der Waals surface area contributed by atoms with Crippen LogP contribution in [0.5, 0.6) is 0 Å². The summed E-state index contributed by atoms with van der Waals surface area (Å²) in [6.07, 6.45) is 3.63. The highest BCUT2D eigenvalue weighted by molar-refractivity contribution is 7.10. The number of carbonyl (C=O) groups excluding carboxylic acids is 1. The van der Waals surface area contributed by atoms with Crippen molar-refractivity contribution in [2.24, 2.45) is 0 Å². The third kappa shape index (κ3) is 3.22. The highest BCUT2D eigenvalue weighted by atomic mass is 32.1. The van der Waals surface area contributed by atoms with Crippen LogP contribution in [0.3, 0.4) is 0 Å². The largest absolute Gasteiger partial charge is 0.338 e. The van der Waals surface area contributed by atoms with E-state index in [4.69, 9.17) is 0 Å². The van der Waals surface area contributed by atoms with E-state index in [0.29, 0.717) is 30.3 Å². The average molecular weight is 353 g/mol. The van der Waals surface area contributed by atoms with Crippen LogP contribution in [0.2, 0.25) is 0 Å². The van der Waals surface area contributed by atoms with E-state index in [9.17, 15) is 9.59 Å². The fraction of sp³-hybridized carbons (Fsp3) is 0.316. The molecule has 0 saturated carbocycles. The molecular weight excluding hydrogens is 334 g/mol. The Hall–Kier alpha value is -2.47. The van der Waals surface area contributed by atoms with Gasteiger partial charge < -0.3 is 4.90 Å². The van der Waals surface area contributed by atoms with E-state index in [0.717, 1.165) is 19.5 Å². The Kier molecular flexibility index (Phi) is 4.36. The first kappa shape index (κ1) is 16.0. The van der Waals surface area contributed by atoms with Crippen LogP contribution in [0, 0.1) is 0 Å². The Morgan fingerprint density at radius 3 is 3.04 bits per heavy atom. The fourth-order valence-electron chi connectivity index (χ4n) is 3.29. The topological polar surface area (TPSA) is 55.2 Å². The number of benzene rings is 1. The van der Waals surface area contributed by atoms with Crippen molar-refractivity contribution >= 4 is 28.1 Å². The lowest BCUT2D eigenvalue weighted by atomic mass is 10.1. The number of carbonyl (C=O) groups is 1. The van der Waals surface area contributed by atoms with Gasteiger partial charge in [0.2, 0.25) is 5.91 Å². The Bertz CT molecular complexity index is 976. The van der Waals surface area contributed by atoms with E-state index in [-0.39, 0.29) is 11.5 Å². The van der Waals surface area contributed by atoms with Gasteiger partial charge in [0.25, 0.3) is 5.56 Å². The minimum atomic E-state index is -0.0427. The van der Waals surface area contributed by atoms with E-state index >= 15 is 0 Å². The van der Waals surface area contributed by atoms with Gasteiger partial charge in [-0.2, -0.15) is 0 Å². The summed E-state index contributed by atoms with van der Waals surface area (Å²) in [5, 5.41) is 2.72. The summed E-state index contributed by atoms with van der Waals surface area (Å²) in [5.41, 5.74) is 1.94.